The molecule has 0 fully saturated rings. The zero-order chi connectivity index (χ0) is 4.24. The molecule has 1 aromatic carbocycles. The maximum absolute atomic E-state index is 2.00. The molecule has 0 N–H and O–H groups in total. The molecular formula is C6H6CoPt. The Morgan fingerprint density at radius 1 is 0.500 bits per heavy atom. The van der Waals surface area contributed by atoms with E-state index >= 15 is 0 Å². The van der Waals surface area contributed by atoms with Gasteiger partial charge in [-0.15, -0.1) is 0 Å². The Morgan fingerprint density at radius 2 is 0.625 bits per heavy atom. The van der Waals surface area contributed by atoms with Gasteiger partial charge in [-0.25, -0.2) is 0 Å². The number of rotatable bonds is 0. The Bertz CT molecular complexity index is 80.5. The van der Waals surface area contributed by atoms with Crippen molar-refractivity contribution in [1.82, 2.24) is 0 Å². The third-order valence-corrected chi connectivity index (χ3v) is 0.667. The molecule has 0 nitrogen and oxygen atoms in total. The van der Waals surface area contributed by atoms with Crippen molar-refractivity contribution in [3.8, 4) is 0 Å². The molecule has 0 unspecified atom stereocenters. The summed E-state index contributed by atoms with van der Waals surface area (Å²) in [5.74, 6) is 0. The minimum Gasteiger partial charge on any atom is -0.0623 e. The van der Waals surface area contributed by atoms with Gasteiger partial charge in [-0.05, 0) is 0 Å². The smallest absolute Gasteiger partial charge is 0 e. The summed E-state index contributed by atoms with van der Waals surface area (Å²) >= 11 is 0. The molecule has 0 aliphatic heterocycles. The topological polar surface area (TPSA) is 0 Å². The summed E-state index contributed by atoms with van der Waals surface area (Å²) in [6, 6.07) is 12.0. The number of hydrogen-bond donors (Lipinski definition) is 0. The third-order valence-electron chi connectivity index (χ3n) is 0.667. The fourth-order valence-corrected chi connectivity index (χ4v) is 0.385. The van der Waals surface area contributed by atoms with Crippen LogP contribution >= 0.6 is 0 Å². The van der Waals surface area contributed by atoms with Gasteiger partial charge in [0.05, 0.1) is 0 Å². The molecular weight excluding hydrogens is 326 g/mol. The Balaban J connectivity index is 0. The quantitative estimate of drug-likeness (QED) is 0.678. The third kappa shape index (κ3) is 4.57. The van der Waals surface area contributed by atoms with E-state index in [1.54, 1.807) is 0 Å². The van der Waals surface area contributed by atoms with Crippen LogP contribution in [-0.4, -0.2) is 0 Å². The fraction of sp³-hybridized carbons (Fsp3) is 0. The van der Waals surface area contributed by atoms with E-state index in [0.29, 0.717) is 0 Å². The van der Waals surface area contributed by atoms with Crippen LogP contribution in [0.3, 0.4) is 0 Å². The van der Waals surface area contributed by atoms with Gasteiger partial charge in [-0.3, -0.25) is 0 Å². The van der Waals surface area contributed by atoms with Crippen LogP contribution in [0.5, 0.6) is 0 Å². The first-order valence-corrected chi connectivity index (χ1v) is 2.00. The minimum absolute atomic E-state index is 0. The molecule has 0 atom stereocenters. The number of hydrogen-bond acceptors (Lipinski definition) is 0. The summed E-state index contributed by atoms with van der Waals surface area (Å²) in [6.07, 6.45) is 0. The molecule has 0 spiro atoms. The Morgan fingerprint density at radius 3 is 0.750 bits per heavy atom. The fourth-order valence-electron chi connectivity index (χ4n) is 0.385. The number of benzene rings is 1. The normalized spacial score (nSPS) is 6.00. The van der Waals surface area contributed by atoms with Crippen LogP contribution in [0.4, 0.5) is 0 Å². The van der Waals surface area contributed by atoms with Crippen LogP contribution in [-0.2, 0) is 37.8 Å². The first-order chi connectivity index (χ1) is 3.00. The van der Waals surface area contributed by atoms with Crippen molar-refractivity contribution in [1.29, 1.82) is 0 Å². The molecule has 0 amide bonds. The predicted molar refractivity (Wildman–Crippen MR) is 26.4 cm³/mol. The molecule has 0 aliphatic carbocycles. The van der Waals surface area contributed by atoms with E-state index in [4.69, 9.17) is 0 Å². The van der Waals surface area contributed by atoms with Crippen LogP contribution in [0.1, 0.15) is 0 Å². The maximum Gasteiger partial charge on any atom is 0 e. The summed E-state index contributed by atoms with van der Waals surface area (Å²) in [5.41, 5.74) is 0. The Kier molecular flexibility index (Phi) is 10.4. The molecule has 0 aliphatic rings. The zero-order valence-electron chi connectivity index (χ0n) is 4.11. The largest absolute Gasteiger partial charge is 0.0623 e. The van der Waals surface area contributed by atoms with Gasteiger partial charge in [0, 0.05) is 37.8 Å². The molecule has 49 valence electrons. The van der Waals surface area contributed by atoms with Crippen LogP contribution in [0, 0.1) is 0 Å². The first kappa shape index (κ1) is 11.2. The Hall–Kier alpha value is 0.415. The monoisotopic (exact) mass is 332 g/mol. The standard InChI is InChI=1S/C6H6.Co.Pt/c1-2-4-6-5-3-1;;/h1-6H;;. The van der Waals surface area contributed by atoms with Crippen LogP contribution in [0.15, 0.2) is 36.4 Å². The zero-order valence-corrected chi connectivity index (χ0v) is 7.43. The van der Waals surface area contributed by atoms with Gasteiger partial charge in [-0.1, -0.05) is 36.4 Å². The van der Waals surface area contributed by atoms with Gasteiger partial charge in [0.1, 0.15) is 0 Å². The van der Waals surface area contributed by atoms with E-state index < -0.39 is 0 Å². The van der Waals surface area contributed by atoms with Gasteiger partial charge in [0.15, 0.2) is 0 Å². The van der Waals surface area contributed by atoms with Crippen molar-refractivity contribution >= 4 is 0 Å². The van der Waals surface area contributed by atoms with Gasteiger partial charge in [0.2, 0.25) is 0 Å². The molecule has 8 heavy (non-hydrogen) atoms. The van der Waals surface area contributed by atoms with E-state index in [1.807, 2.05) is 36.4 Å². The van der Waals surface area contributed by atoms with Gasteiger partial charge in [0.25, 0.3) is 0 Å². The second-order valence-electron chi connectivity index (χ2n) is 1.15. The summed E-state index contributed by atoms with van der Waals surface area (Å²) in [6.45, 7) is 0. The van der Waals surface area contributed by atoms with E-state index in [2.05, 4.69) is 0 Å². The van der Waals surface area contributed by atoms with Crippen molar-refractivity contribution in [3.63, 3.8) is 0 Å². The average molecular weight is 332 g/mol. The van der Waals surface area contributed by atoms with Crippen molar-refractivity contribution in [2.75, 3.05) is 0 Å². The van der Waals surface area contributed by atoms with Crippen molar-refractivity contribution in [2.24, 2.45) is 0 Å². The minimum atomic E-state index is 0. The van der Waals surface area contributed by atoms with Crippen LogP contribution in [0.2, 0.25) is 0 Å². The first-order valence-electron chi connectivity index (χ1n) is 2.00. The molecule has 0 aromatic heterocycles. The van der Waals surface area contributed by atoms with Gasteiger partial charge in [-0.2, -0.15) is 0 Å². The predicted octanol–water partition coefficient (Wildman–Crippen LogP) is 1.68. The second kappa shape index (κ2) is 7.41. The molecule has 0 saturated heterocycles. The SMILES string of the molecule is [Co].[Pt].c1ccccc1. The molecule has 1 rings (SSSR count). The maximum atomic E-state index is 2.00. The molecule has 0 saturated carbocycles. The summed E-state index contributed by atoms with van der Waals surface area (Å²) in [7, 11) is 0. The average Bonchev–Trinajstić information content (AvgIpc) is 1.72. The summed E-state index contributed by atoms with van der Waals surface area (Å²) < 4.78 is 0. The molecule has 1 radical (unpaired) electrons. The van der Waals surface area contributed by atoms with Crippen molar-refractivity contribution in [2.45, 2.75) is 0 Å². The van der Waals surface area contributed by atoms with Gasteiger partial charge >= 0.3 is 0 Å². The molecule has 0 heterocycles. The van der Waals surface area contributed by atoms with Crippen molar-refractivity contribution in [3.05, 3.63) is 36.4 Å². The summed E-state index contributed by atoms with van der Waals surface area (Å²) in [4.78, 5) is 0. The van der Waals surface area contributed by atoms with E-state index in [1.165, 1.54) is 0 Å². The summed E-state index contributed by atoms with van der Waals surface area (Å²) in [5, 5.41) is 0. The van der Waals surface area contributed by atoms with Crippen LogP contribution < -0.4 is 0 Å². The van der Waals surface area contributed by atoms with Crippen LogP contribution in [0.25, 0.3) is 0 Å². The second-order valence-corrected chi connectivity index (χ2v) is 1.15. The van der Waals surface area contributed by atoms with E-state index in [-0.39, 0.29) is 37.8 Å². The molecule has 2 heteroatoms. The van der Waals surface area contributed by atoms with E-state index in [9.17, 15) is 0 Å². The van der Waals surface area contributed by atoms with Gasteiger partial charge < -0.3 is 0 Å². The Labute approximate surface area is 74.1 Å². The molecule has 1 aromatic rings. The molecule has 0 bridgehead atoms. The van der Waals surface area contributed by atoms with Crippen molar-refractivity contribution < 1.29 is 37.8 Å². The van der Waals surface area contributed by atoms with E-state index in [0.717, 1.165) is 0 Å².